The Morgan fingerprint density at radius 3 is 2.93 bits per heavy atom. The van der Waals surface area contributed by atoms with Crippen LogP contribution in [0.15, 0.2) is 31.0 Å². The van der Waals surface area contributed by atoms with Gasteiger partial charge in [-0.1, -0.05) is 0 Å². The molecule has 5 nitrogen and oxygen atoms in total. The van der Waals surface area contributed by atoms with Crippen molar-refractivity contribution in [3.05, 3.63) is 42.2 Å². The number of hydrogen-bond acceptors (Lipinski definition) is 4. The molecule has 0 aliphatic rings. The molecular formula is C10H10N4O. The van der Waals surface area contributed by atoms with Crippen molar-refractivity contribution in [3.63, 3.8) is 0 Å². The summed E-state index contributed by atoms with van der Waals surface area (Å²) in [4.78, 5) is 15.9. The van der Waals surface area contributed by atoms with E-state index in [2.05, 4.69) is 15.2 Å². The summed E-state index contributed by atoms with van der Waals surface area (Å²) >= 11 is 0. The van der Waals surface area contributed by atoms with Crippen molar-refractivity contribution in [3.8, 4) is 0 Å². The van der Waals surface area contributed by atoms with Crippen LogP contribution >= 0.6 is 0 Å². The molecule has 0 radical (unpaired) electrons. The van der Waals surface area contributed by atoms with Crippen LogP contribution < -0.4 is 0 Å². The fourth-order valence-electron chi connectivity index (χ4n) is 1.22. The van der Waals surface area contributed by atoms with Gasteiger partial charge in [0.1, 0.15) is 5.69 Å². The molecule has 0 amide bonds. The summed E-state index contributed by atoms with van der Waals surface area (Å²) in [7, 11) is 0. The molecule has 0 spiro atoms. The zero-order chi connectivity index (χ0) is 10.7. The maximum absolute atomic E-state index is 11.8. The summed E-state index contributed by atoms with van der Waals surface area (Å²) < 4.78 is 1.85. The molecule has 0 aromatic carbocycles. The third-order valence-corrected chi connectivity index (χ3v) is 2.08. The topological polar surface area (TPSA) is 60.7 Å². The quantitative estimate of drug-likeness (QED) is 0.694. The molecule has 2 aromatic heterocycles. The van der Waals surface area contributed by atoms with Crippen LogP contribution in [0.4, 0.5) is 0 Å². The molecule has 0 bridgehead atoms. The Balaban J connectivity index is 2.29. The minimum atomic E-state index is -0.128. The predicted octanol–water partition coefficient (Wildman–Crippen LogP) is 0.924. The zero-order valence-corrected chi connectivity index (χ0v) is 8.29. The molecule has 0 fully saturated rings. The molecule has 0 unspecified atom stereocenters. The van der Waals surface area contributed by atoms with Crippen molar-refractivity contribution >= 4 is 5.78 Å². The van der Waals surface area contributed by atoms with Gasteiger partial charge in [-0.2, -0.15) is 10.2 Å². The van der Waals surface area contributed by atoms with Gasteiger partial charge in [0.2, 0.25) is 5.78 Å². The van der Waals surface area contributed by atoms with Gasteiger partial charge in [0, 0.05) is 18.3 Å². The maximum Gasteiger partial charge on any atom is 0.214 e. The van der Waals surface area contributed by atoms with Crippen LogP contribution in [0.1, 0.15) is 23.0 Å². The van der Waals surface area contributed by atoms with Crippen LogP contribution in [0.25, 0.3) is 0 Å². The van der Waals surface area contributed by atoms with E-state index >= 15 is 0 Å². The van der Waals surface area contributed by atoms with Crippen LogP contribution in [-0.4, -0.2) is 25.5 Å². The highest BCUT2D eigenvalue weighted by molar-refractivity contribution is 6.07. The smallest absolute Gasteiger partial charge is 0.214 e. The Bertz CT molecular complexity index is 463. The number of imidazole rings is 1. The van der Waals surface area contributed by atoms with Gasteiger partial charge in [0.25, 0.3) is 0 Å². The van der Waals surface area contributed by atoms with E-state index in [-0.39, 0.29) is 5.78 Å². The molecular weight excluding hydrogens is 192 g/mol. The van der Waals surface area contributed by atoms with Crippen LogP contribution in [0, 0.1) is 0 Å². The summed E-state index contributed by atoms with van der Waals surface area (Å²) in [6.07, 6.45) is 6.29. The minimum absolute atomic E-state index is 0.128. The highest BCUT2D eigenvalue weighted by Crippen LogP contribution is 2.05. The number of carbonyl (C=O) groups is 1. The van der Waals surface area contributed by atoms with Crippen molar-refractivity contribution in [1.29, 1.82) is 0 Å². The SMILES string of the molecule is CCn1cnc(C(=O)c2ccnnc2)c1. The average Bonchev–Trinajstić information content (AvgIpc) is 2.78. The number of aromatic nitrogens is 4. The molecule has 2 aromatic rings. The van der Waals surface area contributed by atoms with E-state index in [1.165, 1.54) is 12.4 Å². The first kappa shape index (κ1) is 9.51. The van der Waals surface area contributed by atoms with Crippen LogP contribution in [-0.2, 0) is 6.54 Å². The monoisotopic (exact) mass is 202 g/mol. The molecule has 0 atom stereocenters. The Labute approximate surface area is 86.8 Å². The molecule has 2 heterocycles. The molecule has 0 saturated heterocycles. The minimum Gasteiger partial charge on any atom is -0.337 e. The standard InChI is InChI=1S/C10H10N4O/c1-2-14-6-9(11-7-14)10(15)8-3-4-12-13-5-8/h3-7H,2H2,1H3. The van der Waals surface area contributed by atoms with Gasteiger partial charge in [-0.15, -0.1) is 0 Å². The Morgan fingerprint density at radius 1 is 1.47 bits per heavy atom. The van der Waals surface area contributed by atoms with E-state index in [1.807, 2.05) is 11.5 Å². The Hall–Kier alpha value is -2.04. The second-order valence-electron chi connectivity index (χ2n) is 3.05. The molecule has 15 heavy (non-hydrogen) atoms. The lowest BCUT2D eigenvalue weighted by molar-refractivity contribution is 0.103. The van der Waals surface area contributed by atoms with Crippen molar-refractivity contribution in [2.24, 2.45) is 0 Å². The molecule has 2 rings (SSSR count). The number of carbonyl (C=O) groups excluding carboxylic acids is 1. The zero-order valence-electron chi connectivity index (χ0n) is 8.29. The van der Waals surface area contributed by atoms with Gasteiger partial charge in [-0.3, -0.25) is 4.79 Å². The van der Waals surface area contributed by atoms with Gasteiger partial charge < -0.3 is 4.57 Å². The summed E-state index contributed by atoms with van der Waals surface area (Å²) in [5, 5.41) is 7.27. The number of nitrogens with zero attached hydrogens (tertiary/aromatic N) is 4. The predicted molar refractivity (Wildman–Crippen MR) is 53.4 cm³/mol. The number of rotatable bonds is 3. The highest BCUT2D eigenvalue weighted by Gasteiger charge is 2.11. The molecule has 0 aliphatic carbocycles. The summed E-state index contributed by atoms with van der Waals surface area (Å²) in [5.41, 5.74) is 0.941. The highest BCUT2D eigenvalue weighted by atomic mass is 16.1. The van der Waals surface area contributed by atoms with Crippen molar-refractivity contribution in [2.75, 3.05) is 0 Å². The van der Waals surface area contributed by atoms with Crippen molar-refractivity contribution in [2.45, 2.75) is 13.5 Å². The average molecular weight is 202 g/mol. The summed E-state index contributed by atoms with van der Waals surface area (Å²) in [6.45, 7) is 2.79. The molecule has 76 valence electrons. The fraction of sp³-hybridized carbons (Fsp3) is 0.200. The van der Waals surface area contributed by atoms with Crippen molar-refractivity contribution in [1.82, 2.24) is 19.7 Å². The van der Waals surface area contributed by atoms with Crippen LogP contribution in [0.2, 0.25) is 0 Å². The first-order valence-electron chi connectivity index (χ1n) is 4.64. The molecule has 0 aliphatic heterocycles. The van der Waals surface area contributed by atoms with Crippen molar-refractivity contribution < 1.29 is 4.79 Å². The molecule has 5 heteroatoms. The largest absolute Gasteiger partial charge is 0.337 e. The maximum atomic E-state index is 11.8. The van der Waals surface area contributed by atoms with Gasteiger partial charge in [0.05, 0.1) is 18.7 Å². The van der Waals surface area contributed by atoms with Gasteiger partial charge >= 0.3 is 0 Å². The van der Waals surface area contributed by atoms with Gasteiger partial charge in [0.15, 0.2) is 0 Å². The second-order valence-corrected chi connectivity index (χ2v) is 3.05. The van der Waals surface area contributed by atoms with Gasteiger partial charge in [-0.25, -0.2) is 4.98 Å². The number of aryl methyl sites for hydroxylation is 1. The third-order valence-electron chi connectivity index (χ3n) is 2.08. The molecule has 0 N–H and O–H groups in total. The van der Waals surface area contributed by atoms with E-state index < -0.39 is 0 Å². The lowest BCUT2D eigenvalue weighted by Crippen LogP contribution is -2.02. The van der Waals surface area contributed by atoms with Crippen LogP contribution in [0.3, 0.4) is 0 Å². The Morgan fingerprint density at radius 2 is 2.33 bits per heavy atom. The normalized spacial score (nSPS) is 10.2. The second kappa shape index (κ2) is 4.00. The fourth-order valence-corrected chi connectivity index (χ4v) is 1.22. The Kier molecular flexibility index (Phi) is 2.53. The first-order valence-corrected chi connectivity index (χ1v) is 4.64. The van der Waals surface area contributed by atoms with E-state index in [9.17, 15) is 4.79 Å². The molecule has 0 saturated carbocycles. The van der Waals surface area contributed by atoms with E-state index in [0.717, 1.165) is 6.54 Å². The van der Waals surface area contributed by atoms with Gasteiger partial charge in [-0.05, 0) is 13.0 Å². The lowest BCUT2D eigenvalue weighted by Gasteiger charge is -1.94. The first-order chi connectivity index (χ1) is 7.31. The number of hydrogen-bond donors (Lipinski definition) is 0. The van der Waals surface area contributed by atoms with E-state index in [4.69, 9.17) is 0 Å². The van der Waals surface area contributed by atoms with E-state index in [1.54, 1.807) is 18.6 Å². The summed E-state index contributed by atoms with van der Waals surface area (Å²) in [6, 6.07) is 1.63. The number of ketones is 1. The summed E-state index contributed by atoms with van der Waals surface area (Å²) in [5.74, 6) is -0.128. The van der Waals surface area contributed by atoms with Crippen LogP contribution in [0.5, 0.6) is 0 Å². The van der Waals surface area contributed by atoms with E-state index in [0.29, 0.717) is 11.3 Å². The third kappa shape index (κ3) is 1.90. The lowest BCUT2D eigenvalue weighted by atomic mass is 10.1.